The van der Waals surface area contributed by atoms with Crippen molar-refractivity contribution in [3.8, 4) is 0 Å². The fraction of sp³-hybridized carbons (Fsp3) is 0.600. The first kappa shape index (κ1) is 14.7. The van der Waals surface area contributed by atoms with Crippen molar-refractivity contribution in [3.05, 3.63) is 22.6 Å². The summed E-state index contributed by atoms with van der Waals surface area (Å²) in [6.07, 6.45) is 1.22. The first-order chi connectivity index (χ1) is 7.83. The molecule has 98 valence electrons. The van der Waals surface area contributed by atoms with Crippen LogP contribution in [0.15, 0.2) is 21.2 Å². The van der Waals surface area contributed by atoms with E-state index in [9.17, 15) is 8.42 Å². The van der Waals surface area contributed by atoms with Crippen LogP contribution in [0.2, 0.25) is 0 Å². The van der Waals surface area contributed by atoms with E-state index in [1.54, 1.807) is 6.07 Å². The molecule has 1 aromatic heterocycles. The number of nitrogens with two attached hydrogens (primary N) is 1. The molecule has 1 rings (SSSR count). The number of rotatable bonds is 6. The normalized spacial score (nSPS) is 14.2. The minimum absolute atomic E-state index is 0.108. The zero-order valence-corrected chi connectivity index (χ0v) is 12.3. The molecule has 0 aliphatic rings. The van der Waals surface area contributed by atoms with Crippen molar-refractivity contribution in [3.63, 3.8) is 0 Å². The maximum Gasteiger partial charge on any atom is 0.169 e. The molecule has 0 aliphatic heterocycles. The first-order valence-corrected chi connectivity index (χ1v) is 8.02. The second-order valence-electron chi connectivity index (χ2n) is 4.00. The lowest BCUT2D eigenvalue weighted by Crippen LogP contribution is -2.33. The first-order valence-electron chi connectivity index (χ1n) is 5.16. The molecule has 0 spiro atoms. The van der Waals surface area contributed by atoms with Crippen LogP contribution in [0.25, 0.3) is 0 Å². The smallest absolute Gasteiger partial charge is 0.169 e. The molecular weight excluding hydrogens is 308 g/mol. The second-order valence-corrected chi connectivity index (χ2v) is 7.05. The van der Waals surface area contributed by atoms with E-state index in [2.05, 4.69) is 15.9 Å². The van der Waals surface area contributed by atoms with Gasteiger partial charge in [0, 0.05) is 19.3 Å². The maximum atomic E-state index is 11.1. The SMILES string of the molecule is CN(CCS(C)(=O)=O)C(CN)c1ccc(Br)o1. The monoisotopic (exact) mass is 324 g/mol. The van der Waals surface area contributed by atoms with E-state index < -0.39 is 9.84 Å². The summed E-state index contributed by atoms with van der Waals surface area (Å²) in [5.41, 5.74) is 5.69. The highest BCUT2D eigenvalue weighted by molar-refractivity contribution is 9.10. The summed E-state index contributed by atoms with van der Waals surface area (Å²) in [5.74, 6) is 0.845. The predicted octanol–water partition coefficient (Wildman–Crippen LogP) is 1.02. The standard InChI is InChI=1S/C10H17BrN2O3S/c1-13(5-6-17(2,14)15)8(7-12)9-3-4-10(11)16-9/h3-4,8H,5-7,12H2,1-2H3. The Bertz CT molecular complexity index is 458. The Morgan fingerprint density at radius 1 is 1.53 bits per heavy atom. The summed E-state index contributed by atoms with van der Waals surface area (Å²) in [5, 5.41) is 0. The highest BCUT2D eigenvalue weighted by Crippen LogP contribution is 2.23. The van der Waals surface area contributed by atoms with Gasteiger partial charge in [-0.15, -0.1) is 0 Å². The Morgan fingerprint density at radius 2 is 2.18 bits per heavy atom. The van der Waals surface area contributed by atoms with E-state index in [-0.39, 0.29) is 11.8 Å². The minimum Gasteiger partial charge on any atom is -0.453 e. The van der Waals surface area contributed by atoms with E-state index in [1.807, 2.05) is 18.0 Å². The number of furan rings is 1. The zero-order chi connectivity index (χ0) is 13.1. The summed E-state index contributed by atoms with van der Waals surface area (Å²) >= 11 is 3.23. The fourth-order valence-corrected chi connectivity index (χ4v) is 2.43. The molecule has 1 unspecified atom stereocenters. The lowest BCUT2D eigenvalue weighted by Gasteiger charge is -2.24. The number of nitrogens with zero attached hydrogens (tertiary/aromatic N) is 1. The van der Waals surface area contributed by atoms with Gasteiger partial charge in [0.2, 0.25) is 0 Å². The molecule has 7 heteroatoms. The Morgan fingerprint density at radius 3 is 2.59 bits per heavy atom. The Labute approximate surface area is 110 Å². The summed E-state index contributed by atoms with van der Waals surface area (Å²) in [7, 11) is -1.13. The third-order valence-corrected chi connectivity index (χ3v) is 3.84. The van der Waals surface area contributed by atoms with Crippen LogP contribution in [0.5, 0.6) is 0 Å². The Balaban J connectivity index is 2.68. The van der Waals surface area contributed by atoms with E-state index in [0.717, 1.165) is 5.76 Å². The van der Waals surface area contributed by atoms with Crippen molar-refractivity contribution in [1.29, 1.82) is 0 Å². The number of hydrogen-bond donors (Lipinski definition) is 1. The second kappa shape index (κ2) is 5.99. The molecule has 0 amide bonds. The highest BCUT2D eigenvalue weighted by Gasteiger charge is 2.19. The highest BCUT2D eigenvalue weighted by atomic mass is 79.9. The molecule has 0 saturated carbocycles. The Hall–Kier alpha value is -0.370. The molecule has 17 heavy (non-hydrogen) atoms. The van der Waals surface area contributed by atoms with Gasteiger partial charge >= 0.3 is 0 Å². The van der Waals surface area contributed by atoms with Crippen LogP contribution in [0.3, 0.4) is 0 Å². The van der Waals surface area contributed by atoms with Crippen LogP contribution < -0.4 is 5.73 Å². The van der Waals surface area contributed by atoms with Crippen molar-refractivity contribution >= 4 is 25.8 Å². The van der Waals surface area contributed by atoms with Gasteiger partial charge < -0.3 is 10.2 Å². The van der Waals surface area contributed by atoms with Crippen molar-refractivity contribution in [1.82, 2.24) is 4.90 Å². The molecule has 1 heterocycles. The van der Waals surface area contributed by atoms with Gasteiger partial charge in [0.05, 0.1) is 11.8 Å². The average Bonchev–Trinajstić information content (AvgIpc) is 2.62. The molecule has 0 radical (unpaired) electrons. The molecule has 0 bridgehead atoms. The lowest BCUT2D eigenvalue weighted by atomic mass is 10.2. The summed E-state index contributed by atoms with van der Waals surface area (Å²) in [6.45, 7) is 0.805. The van der Waals surface area contributed by atoms with Gasteiger partial charge in [0.15, 0.2) is 4.67 Å². The molecule has 1 atom stereocenters. The molecule has 0 saturated heterocycles. The van der Waals surface area contributed by atoms with Crippen molar-refractivity contribution in [2.45, 2.75) is 6.04 Å². The van der Waals surface area contributed by atoms with E-state index >= 15 is 0 Å². The van der Waals surface area contributed by atoms with Gasteiger partial charge in [-0.1, -0.05) is 0 Å². The molecule has 2 N–H and O–H groups in total. The van der Waals surface area contributed by atoms with Gasteiger partial charge in [-0.3, -0.25) is 4.90 Å². The number of likely N-dealkylation sites (N-methyl/N-ethyl adjacent to an activating group) is 1. The van der Waals surface area contributed by atoms with Gasteiger partial charge in [0.25, 0.3) is 0 Å². The van der Waals surface area contributed by atoms with Gasteiger partial charge in [-0.25, -0.2) is 8.42 Å². The van der Waals surface area contributed by atoms with Crippen molar-refractivity contribution < 1.29 is 12.8 Å². The third kappa shape index (κ3) is 4.79. The van der Waals surface area contributed by atoms with E-state index in [0.29, 0.717) is 17.8 Å². The van der Waals surface area contributed by atoms with Gasteiger partial charge in [-0.05, 0) is 35.1 Å². The van der Waals surface area contributed by atoms with Crippen LogP contribution in [-0.2, 0) is 9.84 Å². The van der Waals surface area contributed by atoms with Crippen LogP contribution >= 0.6 is 15.9 Å². The minimum atomic E-state index is -2.96. The van der Waals surface area contributed by atoms with Gasteiger partial charge in [0.1, 0.15) is 15.6 Å². The summed E-state index contributed by atoms with van der Waals surface area (Å²) in [4.78, 5) is 1.88. The van der Waals surface area contributed by atoms with Crippen LogP contribution in [0.4, 0.5) is 0 Å². The number of halogens is 1. The fourth-order valence-electron chi connectivity index (χ4n) is 1.49. The number of sulfone groups is 1. The van der Waals surface area contributed by atoms with E-state index in [1.165, 1.54) is 6.26 Å². The van der Waals surface area contributed by atoms with Gasteiger partial charge in [-0.2, -0.15) is 0 Å². The van der Waals surface area contributed by atoms with Crippen LogP contribution in [-0.4, -0.2) is 45.5 Å². The molecule has 1 aromatic rings. The predicted molar refractivity (Wildman–Crippen MR) is 70.5 cm³/mol. The quantitative estimate of drug-likeness (QED) is 0.845. The van der Waals surface area contributed by atoms with Crippen LogP contribution in [0, 0.1) is 0 Å². The molecular formula is C10H17BrN2O3S. The molecule has 0 aromatic carbocycles. The zero-order valence-electron chi connectivity index (χ0n) is 9.89. The van der Waals surface area contributed by atoms with Crippen LogP contribution in [0.1, 0.15) is 11.8 Å². The summed E-state index contributed by atoms with van der Waals surface area (Å²) < 4.78 is 28.3. The molecule has 0 aliphatic carbocycles. The topological polar surface area (TPSA) is 76.5 Å². The lowest BCUT2D eigenvalue weighted by molar-refractivity contribution is 0.230. The summed E-state index contributed by atoms with van der Waals surface area (Å²) in [6, 6.07) is 3.52. The van der Waals surface area contributed by atoms with Crippen molar-refractivity contribution in [2.24, 2.45) is 5.73 Å². The average molecular weight is 325 g/mol. The Kier molecular flexibility index (Phi) is 5.18. The largest absolute Gasteiger partial charge is 0.453 e. The third-order valence-electron chi connectivity index (χ3n) is 2.49. The van der Waals surface area contributed by atoms with Crippen molar-refractivity contribution in [2.75, 3.05) is 32.1 Å². The molecule has 5 nitrogen and oxygen atoms in total. The molecule has 0 fully saturated rings. The number of hydrogen-bond acceptors (Lipinski definition) is 5. The van der Waals surface area contributed by atoms with E-state index in [4.69, 9.17) is 10.2 Å². The maximum absolute atomic E-state index is 11.1.